The summed E-state index contributed by atoms with van der Waals surface area (Å²) >= 11 is 0. The Labute approximate surface area is 106 Å². The zero-order chi connectivity index (χ0) is 13.5. The maximum Gasteiger partial charge on any atom is 0.225 e. The Balaban J connectivity index is 2.78. The molecular formula is C13H16N2O3. The van der Waals surface area contributed by atoms with Crippen LogP contribution in [-0.4, -0.2) is 20.1 Å². The fourth-order valence-corrected chi connectivity index (χ4v) is 1.43. The highest BCUT2D eigenvalue weighted by molar-refractivity contribution is 5.92. The molecule has 96 valence electrons. The molecule has 0 aliphatic carbocycles. The maximum absolute atomic E-state index is 11.7. The van der Waals surface area contributed by atoms with E-state index in [-0.39, 0.29) is 18.2 Å². The number of hydrogen-bond donors (Lipinski definition) is 1. The third kappa shape index (κ3) is 3.67. The van der Waals surface area contributed by atoms with Gasteiger partial charge in [0.15, 0.2) is 0 Å². The van der Waals surface area contributed by atoms with Crippen LogP contribution in [0.3, 0.4) is 0 Å². The largest absolute Gasteiger partial charge is 0.497 e. The Morgan fingerprint density at radius 1 is 1.44 bits per heavy atom. The first-order valence-corrected chi connectivity index (χ1v) is 5.52. The summed E-state index contributed by atoms with van der Waals surface area (Å²) in [6, 6.07) is 7.13. The monoisotopic (exact) mass is 248 g/mol. The van der Waals surface area contributed by atoms with Crippen molar-refractivity contribution >= 4 is 11.6 Å². The lowest BCUT2D eigenvalue weighted by Gasteiger charge is -2.11. The Bertz CT molecular complexity index is 466. The molecule has 0 spiro atoms. The summed E-state index contributed by atoms with van der Waals surface area (Å²) in [7, 11) is 3.07. The van der Waals surface area contributed by atoms with Gasteiger partial charge < -0.3 is 14.8 Å². The number of nitrogens with one attached hydrogen (secondary N) is 1. The Hall–Kier alpha value is -2.22. The van der Waals surface area contributed by atoms with E-state index in [0.717, 1.165) is 0 Å². The van der Waals surface area contributed by atoms with Gasteiger partial charge in [0, 0.05) is 12.5 Å². The minimum absolute atomic E-state index is 0.158. The van der Waals surface area contributed by atoms with Crippen LogP contribution in [0.4, 0.5) is 5.69 Å². The summed E-state index contributed by atoms with van der Waals surface area (Å²) in [6.45, 7) is 1.70. The molecule has 1 rings (SSSR count). The van der Waals surface area contributed by atoms with Crippen LogP contribution in [0.15, 0.2) is 18.2 Å². The van der Waals surface area contributed by atoms with Crippen molar-refractivity contribution in [2.75, 3.05) is 19.5 Å². The lowest BCUT2D eigenvalue weighted by Crippen LogP contribution is -2.15. The summed E-state index contributed by atoms with van der Waals surface area (Å²) in [6.07, 6.45) is 0.158. The topological polar surface area (TPSA) is 71.3 Å². The van der Waals surface area contributed by atoms with Gasteiger partial charge in [-0.1, -0.05) is 0 Å². The van der Waals surface area contributed by atoms with Gasteiger partial charge in [-0.15, -0.1) is 0 Å². The number of carbonyl (C=O) groups is 1. The highest BCUT2D eigenvalue weighted by Gasteiger charge is 2.11. The molecule has 0 saturated carbocycles. The molecule has 1 atom stereocenters. The normalized spacial score (nSPS) is 11.2. The van der Waals surface area contributed by atoms with Crippen molar-refractivity contribution in [3.63, 3.8) is 0 Å². The standard InChI is InChI=1S/C13H16N2O3/c1-9(8-14)6-13(16)15-11-5-4-10(17-2)7-12(11)18-3/h4-5,7,9H,6H2,1-3H3,(H,15,16). The van der Waals surface area contributed by atoms with Gasteiger partial charge >= 0.3 is 0 Å². The number of benzene rings is 1. The van der Waals surface area contributed by atoms with E-state index in [0.29, 0.717) is 17.2 Å². The third-order valence-corrected chi connectivity index (χ3v) is 2.39. The molecule has 0 radical (unpaired) electrons. The molecule has 1 unspecified atom stereocenters. The van der Waals surface area contributed by atoms with Gasteiger partial charge in [0.1, 0.15) is 11.5 Å². The van der Waals surface area contributed by atoms with E-state index in [9.17, 15) is 4.79 Å². The highest BCUT2D eigenvalue weighted by Crippen LogP contribution is 2.29. The van der Waals surface area contributed by atoms with Crippen molar-refractivity contribution in [3.05, 3.63) is 18.2 Å². The second-order valence-corrected chi connectivity index (χ2v) is 3.85. The van der Waals surface area contributed by atoms with Gasteiger partial charge in [-0.2, -0.15) is 5.26 Å². The molecule has 5 heteroatoms. The molecule has 0 bridgehead atoms. The van der Waals surface area contributed by atoms with E-state index in [1.165, 1.54) is 7.11 Å². The van der Waals surface area contributed by atoms with Gasteiger partial charge in [-0.05, 0) is 19.1 Å². The second-order valence-electron chi connectivity index (χ2n) is 3.85. The molecule has 1 N–H and O–H groups in total. The fraction of sp³-hybridized carbons (Fsp3) is 0.385. The van der Waals surface area contributed by atoms with E-state index < -0.39 is 0 Å². The van der Waals surface area contributed by atoms with Crippen molar-refractivity contribution in [2.45, 2.75) is 13.3 Å². The lowest BCUT2D eigenvalue weighted by atomic mass is 10.1. The van der Waals surface area contributed by atoms with Crippen molar-refractivity contribution in [1.82, 2.24) is 0 Å². The molecule has 0 aromatic heterocycles. The minimum Gasteiger partial charge on any atom is -0.497 e. The zero-order valence-electron chi connectivity index (χ0n) is 10.7. The first-order chi connectivity index (χ1) is 8.60. The van der Waals surface area contributed by atoms with Gasteiger partial charge in [-0.25, -0.2) is 0 Å². The van der Waals surface area contributed by atoms with Crippen molar-refractivity contribution in [1.29, 1.82) is 5.26 Å². The van der Waals surface area contributed by atoms with E-state index in [2.05, 4.69) is 5.32 Å². The van der Waals surface area contributed by atoms with Gasteiger partial charge in [0.05, 0.1) is 31.9 Å². The average Bonchev–Trinajstić information content (AvgIpc) is 2.38. The third-order valence-electron chi connectivity index (χ3n) is 2.39. The van der Waals surface area contributed by atoms with Crippen LogP contribution in [0, 0.1) is 17.2 Å². The number of rotatable bonds is 5. The number of nitrogens with zero attached hydrogens (tertiary/aromatic N) is 1. The van der Waals surface area contributed by atoms with Gasteiger partial charge in [0.25, 0.3) is 0 Å². The zero-order valence-corrected chi connectivity index (χ0v) is 10.7. The first kappa shape index (κ1) is 13.8. The fourth-order valence-electron chi connectivity index (χ4n) is 1.43. The summed E-state index contributed by atoms with van der Waals surface area (Å²) in [5.74, 6) is 0.643. The highest BCUT2D eigenvalue weighted by atomic mass is 16.5. The number of hydrogen-bond acceptors (Lipinski definition) is 4. The molecule has 0 saturated heterocycles. The maximum atomic E-state index is 11.7. The van der Waals surface area contributed by atoms with Crippen LogP contribution < -0.4 is 14.8 Å². The first-order valence-electron chi connectivity index (χ1n) is 5.52. The predicted octanol–water partition coefficient (Wildman–Crippen LogP) is 2.19. The number of carbonyl (C=O) groups excluding carboxylic acids is 1. The predicted molar refractivity (Wildman–Crippen MR) is 67.6 cm³/mol. The SMILES string of the molecule is COc1ccc(NC(=O)CC(C)C#N)c(OC)c1. The Morgan fingerprint density at radius 3 is 2.72 bits per heavy atom. The van der Waals surface area contributed by atoms with Crippen molar-refractivity contribution < 1.29 is 14.3 Å². The molecule has 5 nitrogen and oxygen atoms in total. The van der Waals surface area contributed by atoms with E-state index in [1.807, 2.05) is 6.07 Å². The molecule has 1 amide bonds. The summed E-state index contributed by atoms with van der Waals surface area (Å²) in [4.78, 5) is 11.7. The lowest BCUT2D eigenvalue weighted by molar-refractivity contribution is -0.116. The Morgan fingerprint density at radius 2 is 2.17 bits per heavy atom. The summed E-state index contributed by atoms with van der Waals surface area (Å²) < 4.78 is 10.2. The van der Waals surface area contributed by atoms with Crippen LogP contribution in [0.1, 0.15) is 13.3 Å². The average molecular weight is 248 g/mol. The molecule has 0 fully saturated rings. The number of nitriles is 1. The number of anilines is 1. The summed E-state index contributed by atoms with van der Waals surface area (Å²) in [5.41, 5.74) is 0.563. The Kier molecular flexibility index (Phi) is 5.00. The van der Waals surface area contributed by atoms with E-state index >= 15 is 0 Å². The van der Waals surface area contributed by atoms with Crippen LogP contribution >= 0.6 is 0 Å². The molecule has 0 aliphatic rings. The minimum atomic E-state index is -0.311. The summed E-state index contributed by atoms with van der Waals surface area (Å²) in [5, 5.41) is 11.4. The molecule has 0 aliphatic heterocycles. The van der Waals surface area contributed by atoms with Gasteiger partial charge in [0.2, 0.25) is 5.91 Å². The number of ether oxygens (including phenoxy) is 2. The molecule has 1 aromatic rings. The van der Waals surface area contributed by atoms with Crippen LogP contribution in [0.5, 0.6) is 11.5 Å². The second kappa shape index (κ2) is 6.50. The van der Waals surface area contributed by atoms with E-state index in [1.54, 1.807) is 32.2 Å². The molecule has 0 heterocycles. The van der Waals surface area contributed by atoms with Crippen molar-refractivity contribution in [3.8, 4) is 17.6 Å². The van der Waals surface area contributed by atoms with Crippen molar-refractivity contribution in [2.24, 2.45) is 5.92 Å². The molecule has 18 heavy (non-hydrogen) atoms. The van der Waals surface area contributed by atoms with Crippen LogP contribution in [0.2, 0.25) is 0 Å². The van der Waals surface area contributed by atoms with Crippen LogP contribution in [0.25, 0.3) is 0 Å². The smallest absolute Gasteiger partial charge is 0.225 e. The number of methoxy groups -OCH3 is 2. The van der Waals surface area contributed by atoms with Gasteiger partial charge in [-0.3, -0.25) is 4.79 Å². The quantitative estimate of drug-likeness (QED) is 0.867. The molecule has 1 aromatic carbocycles. The van der Waals surface area contributed by atoms with E-state index in [4.69, 9.17) is 14.7 Å². The number of amides is 1. The molecular weight excluding hydrogens is 232 g/mol. The van der Waals surface area contributed by atoms with Crippen LogP contribution in [-0.2, 0) is 4.79 Å².